The molecule has 0 spiro atoms. The average Bonchev–Trinajstić information content (AvgIpc) is 3.15. The van der Waals surface area contributed by atoms with Crippen molar-refractivity contribution in [3.05, 3.63) is 80.4 Å². The number of halogens is 2. The predicted octanol–water partition coefficient (Wildman–Crippen LogP) is 4.76. The molecule has 4 N–H and O–H groups in total. The van der Waals surface area contributed by atoms with Crippen LogP contribution in [0.15, 0.2) is 46.0 Å². The molecule has 2 aromatic carbocycles. The molecule has 2 atom stereocenters. The van der Waals surface area contributed by atoms with Gasteiger partial charge in [0.05, 0.1) is 17.5 Å². The molecule has 6 rings (SSSR count). The molecular weight excluding hydrogens is 799 g/mol. The summed E-state index contributed by atoms with van der Waals surface area (Å²) in [5.41, 5.74) is -1.62. The van der Waals surface area contributed by atoms with Crippen LogP contribution in [0.25, 0.3) is 21.8 Å². The molecule has 0 unspecified atom stereocenters. The molecule has 2 aliphatic heterocycles. The lowest BCUT2D eigenvalue weighted by atomic mass is 10.1. The number of hydrogen-bond acceptors (Lipinski definition) is 11. The van der Waals surface area contributed by atoms with Crippen LogP contribution < -0.4 is 16.4 Å². The van der Waals surface area contributed by atoms with Gasteiger partial charge in [-0.05, 0) is 79.7 Å². The van der Waals surface area contributed by atoms with E-state index in [0.29, 0.717) is 31.5 Å². The summed E-state index contributed by atoms with van der Waals surface area (Å²) >= 11 is 0. The van der Waals surface area contributed by atoms with Gasteiger partial charge >= 0.3 is 18.2 Å². The molecule has 0 aliphatic carbocycles. The quantitative estimate of drug-likeness (QED) is 0.206. The third-order valence-corrected chi connectivity index (χ3v) is 9.24. The molecule has 4 heterocycles. The Hall–Kier alpha value is -5.98. The Morgan fingerprint density at radius 1 is 0.738 bits per heavy atom. The molecule has 0 radical (unpaired) electrons. The summed E-state index contributed by atoms with van der Waals surface area (Å²) in [6, 6.07) is 8.61. The number of nitrogens with zero attached hydrogens (tertiary/aromatic N) is 5. The first-order chi connectivity index (χ1) is 28.5. The van der Waals surface area contributed by atoms with Gasteiger partial charge in [-0.1, -0.05) is 12.1 Å². The summed E-state index contributed by atoms with van der Waals surface area (Å²) in [7, 11) is 0. The highest BCUT2D eigenvalue weighted by molar-refractivity contribution is 5.80. The monoisotopic (exact) mass is 854 g/mol. The molecule has 19 heteroatoms. The van der Waals surface area contributed by atoms with Gasteiger partial charge in [-0.3, -0.25) is 19.2 Å². The lowest BCUT2D eigenvalue weighted by molar-refractivity contribution is -0.137. The summed E-state index contributed by atoms with van der Waals surface area (Å²) < 4.78 is 37.8. The van der Waals surface area contributed by atoms with Crippen LogP contribution in [-0.4, -0.2) is 126 Å². The minimum absolute atomic E-state index is 0.0838. The molecule has 0 bridgehead atoms. The number of piperazine rings is 2. The van der Waals surface area contributed by atoms with Crippen LogP contribution in [0.5, 0.6) is 0 Å². The molecule has 4 aromatic rings. The second kappa shape index (κ2) is 20.5. The zero-order valence-electron chi connectivity index (χ0n) is 35.9. The topological polar surface area (TPSA) is 220 Å². The Bertz CT molecular complexity index is 2320. The van der Waals surface area contributed by atoms with E-state index in [1.807, 2.05) is 48.5 Å². The number of aliphatic carboxylic acids is 1. The van der Waals surface area contributed by atoms with Crippen molar-refractivity contribution < 1.29 is 42.5 Å². The molecule has 3 amide bonds. The van der Waals surface area contributed by atoms with Crippen LogP contribution in [0.1, 0.15) is 79.9 Å². The molecular formula is C42H56F2N8O9. The maximum atomic E-state index is 13.8. The van der Waals surface area contributed by atoms with Crippen LogP contribution in [0.3, 0.4) is 0 Å². The number of ether oxygens (including phenoxy) is 2. The number of hydrogen-bond donors (Lipinski definition) is 4. The number of aromatic nitrogens is 4. The van der Waals surface area contributed by atoms with Crippen LogP contribution in [0.4, 0.5) is 18.4 Å². The van der Waals surface area contributed by atoms with Crippen molar-refractivity contribution in [3.63, 3.8) is 0 Å². The fourth-order valence-electron chi connectivity index (χ4n) is 6.47. The van der Waals surface area contributed by atoms with Gasteiger partial charge in [0.2, 0.25) is 5.91 Å². The second-order valence-corrected chi connectivity index (χ2v) is 16.8. The SMILES string of the molecule is C[C@H]1CN(C(=O)OC(C)(C)C)CCN1.C[C@H]1CN(C(=O)OC(C)(C)C)CCN1C(=O)CCc1nc2cccc(F)c2c(=O)[nH]1.O=C(O)CCc1nc2cccc(F)c2c(=O)[nH]1. The van der Waals surface area contributed by atoms with Crippen molar-refractivity contribution in [2.24, 2.45) is 0 Å². The molecule has 2 fully saturated rings. The molecule has 0 saturated carbocycles. The summed E-state index contributed by atoms with van der Waals surface area (Å²) in [4.78, 5) is 89.0. The number of carboxylic acid groups (broad SMARTS) is 1. The maximum Gasteiger partial charge on any atom is 0.410 e. The van der Waals surface area contributed by atoms with Gasteiger partial charge < -0.3 is 44.6 Å². The number of nitrogens with one attached hydrogen (secondary N) is 3. The number of H-pyrrole nitrogens is 2. The maximum absolute atomic E-state index is 13.8. The van der Waals surface area contributed by atoms with Gasteiger partial charge in [-0.2, -0.15) is 0 Å². The first-order valence-electron chi connectivity index (χ1n) is 20.1. The largest absolute Gasteiger partial charge is 0.481 e. The van der Waals surface area contributed by atoms with Crippen LogP contribution in [0.2, 0.25) is 0 Å². The van der Waals surface area contributed by atoms with Gasteiger partial charge in [0.25, 0.3) is 11.1 Å². The van der Waals surface area contributed by atoms with E-state index < -0.39 is 39.9 Å². The number of rotatable bonds is 6. The van der Waals surface area contributed by atoms with Gasteiger partial charge in [-0.15, -0.1) is 0 Å². The number of fused-ring (bicyclic) bond motifs is 2. The number of carboxylic acids is 1. The van der Waals surface area contributed by atoms with Gasteiger partial charge in [-0.25, -0.2) is 28.3 Å². The van der Waals surface area contributed by atoms with Crippen molar-refractivity contribution in [1.29, 1.82) is 0 Å². The molecule has 61 heavy (non-hydrogen) atoms. The van der Waals surface area contributed by atoms with Crippen LogP contribution in [-0.2, 0) is 31.9 Å². The van der Waals surface area contributed by atoms with Gasteiger partial charge in [0, 0.05) is 70.6 Å². The Kier molecular flexibility index (Phi) is 16.0. The van der Waals surface area contributed by atoms with Crippen LogP contribution in [0, 0.1) is 11.6 Å². The number of carbonyl (C=O) groups is 4. The Labute approximate surface area is 351 Å². The van der Waals surface area contributed by atoms with Crippen molar-refractivity contribution in [3.8, 4) is 0 Å². The zero-order chi connectivity index (χ0) is 45.2. The first-order valence-corrected chi connectivity index (χ1v) is 20.1. The van der Waals surface area contributed by atoms with Crippen molar-refractivity contribution >= 4 is 45.9 Å². The Balaban J connectivity index is 0.000000223. The smallest absolute Gasteiger partial charge is 0.410 e. The average molecular weight is 855 g/mol. The van der Waals surface area contributed by atoms with E-state index in [1.165, 1.54) is 30.3 Å². The fourth-order valence-corrected chi connectivity index (χ4v) is 6.47. The second-order valence-electron chi connectivity index (χ2n) is 16.8. The predicted molar refractivity (Wildman–Crippen MR) is 223 cm³/mol. The molecule has 2 saturated heterocycles. The van der Waals surface area contributed by atoms with E-state index in [0.717, 1.165) is 19.6 Å². The number of benzene rings is 2. The minimum atomic E-state index is -0.980. The van der Waals surface area contributed by atoms with Gasteiger partial charge in [0.1, 0.15) is 45.3 Å². The zero-order valence-corrected chi connectivity index (χ0v) is 35.9. The lowest BCUT2D eigenvalue weighted by Gasteiger charge is -2.40. The molecule has 17 nitrogen and oxygen atoms in total. The standard InChI is InChI=1S/C21H27FN4O4.C11H9FN2O3.C10H20N2O2/c1-13-12-25(20(29)30-21(2,3)4)10-11-26(13)17(27)9-8-16-23-15-7-5-6-14(22)18(15)19(28)24-16;12-6-2-1-3-7-10(6)11(17)14-8(13-7)4-5-9(15)16;1-8-7-12(6-5-11-8)9(13)14-10(2,3)4/h5-7,13H,8-12H2,1-4H3,(H,23,24,28);1-3H,4-5H2,(H,15,16)(H,13,14,17);8,11H,5-7H2,1-4H3/t13-;;8-/m0.0/s1. The molecule has 332 valence electrons. The van der Waals surface area contributed by atoms with E-state index in [1.54, 1.807) is 20.8 Å². The fraction of sp³-hybridized carbons (Fsp3) is 0.524. The Morgan fingerprint density at radius 3 is 1.66 bits per heavy atom. The summed E-state index contributed by atoms with van der Waals surface area (Å²) in [5.74, 6) is -1.75. The molecule has 2 aromatic heterocycles. The van der Waals surface area contributed by atoms with E-state index in [9.17, 15) is 37.5 Å². The summed E-state index contributed by atoms with van der Waals surface area (Å²) in [5, 5.41) is 11.6. The summed E-state index contributed by atoms with van der Waals surface area (Å²) in [6.45, 7) is 18.6. The number of amides is 3. The van der Waals surface area contributed by atoms with Gasteiger partial charge in [0.15, 0.2) is 0 Å². The minimum Gasteiger partial charge on any atom is -0.481 e. The van der Waals surface area contributed by atoms with Crippen molar-refractivity contribution in [2.75, 3.05) is 39.3 Å². The van der Waals surface area contributed by atoms with Crippen molar-refractivity contribution in [1.82, 2.24) is 40.0 Å². The first kappa shape index (κ1) is 47.7. The highest BCUT2D eigenvalue weighted by atomic mass is 19.1. The third-order valence-electron chi connectivity index (χ3n) is 9.24. The highest BCUT2D eigenvalue weighted by Crippen LogP contribution is 2.18. The highest BCUT2D eigenvalue weighted by Gasteiger charge is 2.32. The normalized spacial score (nSPS) is 16.9. The van der Waals surface area contributed by atoms with E-state index in [4.69, 9.17) is 14.6 Å². The van der Waals surface area contributed by atoms with Crippen LogP contribution >= 0.6 is 0 Å². The third kappa shape index (κ3) is 14.3. The number of aromatic amines is 2. The molecule has 2 aliphatic rings. The van der Waals surface area contributed by atoms with Crippen molar-refractivity contribution in [2.45, 2.75) is 104 Å². The lowest BCUT2D eigenvalue weighted by Crippen LogP contribution is -2.56. The Morgan fingerprint density at radius 2 is 1.21 bits per heavy atom. The number of carbonyl (C=O) groups excluding carboxylic acids is 3. The summed E-state index contributed by atoms with van der Waals surface area (Å²) in [6.07, 6.45) is -0.224. The van der Waals surface area contributed by atoms with E-state index in [2.05, 4.69) is 32.2 Å². The number of aryl methyl sites for hydroxylation is 2. The van der Waals surface area contributed by atoms with E-state index >= 15 is 0 Å². The van der Waals surface area contributed by atoms with E-state index in [-0.39, 0.29) is 77.4 Å².